The molecule has 0 bridgehead atoms. The molecule has 0 saturated carbocycles. The highest BCUT2D eigenvalue weighted by molar-refractivity contribution is 7.17. The molecule has 7 heteroatoms. The molecule has 0 saturated heterocycles. The van der Waals surface area contributed by atoms with E-state index in [2.05, 4.69) is 0 Å². The van der Waals surface area contributed by atoms with Gasteiger partial charge in [0.15, 0.2) is 17.6 Å². The van der Waals surface area contributed by atoms with E-state index in [9.17, 15) is 9.59 Å². The van der Waals surface area contributed by atoms with E-state index in [1.165, 1.54) is 16.2 Å². The number of carbonyl (C=O) groups is 2. The van der Waals surface area contributed by atoms with Crippen LogP contribution in [0.1, 0.15) is 16.6 Å². The number of rotatable bonds is 4. The standard InChI is InChI=1S/C18H19NO5S/c1-11(17(20)19(2)3)24-18(21)16-7-6-15(25-16)12-4-5-13-14(10-12)23-9-8-22-13/h4-7,10-11H,8-9H2,1-3H3/t11-/m0/s1. The van der Waals surface area contributed by atoms with Crippen LogP contribution in [0.2, 0.25) is 0 Å². The summed E-state index contributed by atoms with van der Waals surface area (Å²) in [5, 5.41) is 0. The minimum atomic E-state index is -0.817. The van der Waals surface area contributed by atoms with Crippen molar-refractivity contribution in [1.82, 2.24) is 4.90 Å². The number of hydrogen-bond acceptors (Lipinski definition) is 6. The number of esters is 1. The Bertz CT molecular complexity index is 799. The first-order valence-corrected chi connectivity index (χ1v) is 8.69. The normalized spacial score (nSPS) is 13.9. The van der Waals surface area contributed by atoms with Gasteiger partial charge in [0.25, 0.3) is 5.91 Å². The van der Waals surface area contributed by atoms with Crippen LogP contribution >= 0.6 is 11.3 Å². The average Bonchev–Trinajstić information content (AvgIpc) is 3.10. The molecule has 2 heterocycles. The van der Waals surface area contributed by atoms with Crippen molar-refractivity contribution in [2.24, 2.45) is 0 Å². The van der Waals surface area contributed by atoms with Gasteiger partial charge in [0.1, 0.15) is 18.1 Å². The molecule has 1 aliphatic heterocycles. The van der Waals surface area contributed by atoms with Gasteiger partial charge in [-0.05, 0) is 42.8 Å². The molecule has 1 aromatic carbocycles. The number of nitrogens with zero attached hydrogens (tertiary/aromatic N) is 1. The lowest BCUT2D eigenvalue weighted by Gasteiger charge is -2.18. The van der Waals surface area contributed by atoms with Crippen LogP contribution in [-0.4, -0.2) is 50.2 Å². The maximum atomic E-state index is 12.2. The van der Waals surface area contributed by atoms with Gasteiger partial charge in [-0.1, -0.05) is 0 Å². The lowest BCUT2D eigenvalue weighted by atomic mass is 10.1. The Kier molecular flexibility index (Phi) is 4.94. The zero-order valence-corrected chi connectivity index (χ0v) is 15.1. The topological polar surface area (TPSA) is 65.1 Å². The summed E-state index contributed by atoms with van der Waals surface area (Å²) in [5.41, 5.74) is 0.936. The van der Waals surface area contributed by atoms with Gasteiger partial charge in [0, 0.05) is 19.0 Å². The molecular formula is C18H19NO5S. The summed E-state index contributed by atoms with van der Waals surface area (Å²) in [7, 11) is 3.25. The van der Waals surface area contributed by atoms with Gasteiger partial charge in [-0.25, -0.2) is 4.79 Å². The second-order valence-corrected chi connectivity index (χ2v) is 6.89. The first kappa shape index (κ1) is 17.3. The molecule has 1 aliphatic rings. The van der Waals surface area contributed by atoms with E-state index < -0.39 is 12.1 Å². The second-order valence-electron chi connectivity index (χ2n) is 5.80. The van der Waals surface area contributed by atoms with E-state index >= 15 is 0 Å². The monoisotopic (exact) mass is 361 g/mol. The highest BCUT2D eigenvalue weighted by Crippen LogP contribution is 2.37. The van der Waals surface area contributed by atoms with Gasteiger partial charge in [0.05, 0.1) is 0 Å². The van der Waals surface area contributed by atoms with Crippen LogP contribution in [-0.2, 0) is 9.53 Å². The molecule has 0 spiro atoms. The summed E-state index contributed by atoms with van der Waals surface area (Å²) in [5.74, 6) is 0.669. The van der Waals surface area contributed by atoms with E-state index in [4.69, 9.17) is 14.2 Å². The van der Waals surface area contributed by atoms with Gasteiger partial charge in [-0.3, -0.25) is 4.79 Å². The highest BCUT2D eigenvalue weighted by atomic mass is 32.1. The van der Waals surface area contributed by atoms with Crippen molar-refractivity contribution in [1.29, 1.82) is 0 Å². The summed E-state index contributed by atoms with van der Waals surface area (Å²) in [6.45, 7) is 2.64. The van der Waals surface area contributed by atoms with E-state index in [1.54, 1.807) is 27.1 Å². The largest absolute Gasteiger partial charge is 0.486 e. The molecule has 0 aliphatic carbocycles. The van der Waals surface area contributed by atoms with Crippen LogP contribution < -0.4 is 9.47 Å². The Balaban J connectivity index is 1.74. The number of carbonyl (C=O) groups excluding carboxylic acids is 2. The Hall–Kier alpha value is -2.54. The first-order valence-electron chi connectivity index (χ1n) is 7.87. The lowest BCUT2D eigenvalue weighted by Crippen LogP contribution is -2.34. The first-order chi connectivity index (χ1) is 12.0. The van der Waals surface area contributed by atoms with Crippen LogP contribution in [0, 0.1) is 0 Å². The quantitative estimate of drug-likeness (QED) is 0.784. The number of amides is 1. The summed E-state index contributed by atoms with van der Waals surface area (Å²) >= 11 is 1.31. The summed E-state index contributed by atoms with van der Waals surface area (Å²) in [4.78, 5) is 26.8. The molecule has 0 fully saturated rings. The van der Waals surface area contributed by atoms with Gasteiger partial charge in [-0.2, -0.15) is 0 Å². The smallest absolute Gasteiger partial charge is 0.349 e. The number of fused-ring (bicyclic) bond motifs is 1. The third-order valence-corrected chi connectivity index (χ3v) is 4.82. The fraction of sp³-hybridized carbons (Fsp3) is 0.333. The molecule has 1 atom stereocenters. The predicted octanol–water partition coefficient (Wildman–Crippen LogP) is 2.82. The van der Waals surface area contributed by atoms with Crippen LogP contribution in [0.4, 0.5) is 0 Å². The molecule has 3 rings (SSSR count). The van der Waals surface area contributed by atoms with Crippen molar-refractivity contribution in [3.8, 4) is 21.9 Å². The lowest BCUT2D eigenvalue weighted by molar-refractivity contribution is -0.137. The third kappa shape index (κ3) is 3.76. The Labute approximate surface area is 149 Å². The van der Waals surface area contributed by atoms with E-state index in [1.807, 2.05) is 24.3 Å². The molecule has 0 radical (unpaired) electrons. The molecule has 2 aromatic rings. The molecule has 0 unspecified atom stereocenters. The SMILES string of the molecule is C[C@H](OC(=O)c1ccc(-c2ccc3c(c2)OCCO3)s1)C(=O)N(C)C. The minimum Gasteiger partial charge on any atom is -0.486 e. The molecular weight excluding hydrogens is 342 g/mol. The number of hydrogen-bond donors (Lipinski definition) is 0. The van der Waals surface area contributed by atoms with E-state index in [0.29, 0.717) is 23.8 Å². The number of thiophene rings is 1. The Morgan fingerprint density at radius 3 is 2.56 bits per heavy atom. The van der Waals surface area contributed by atoms with Crippen molar-refractivity contribution in [3.05, 3.63) is 35.2 Å². The van der Waals surface area contributed by atoms with Crippen molar-refractivity contribution >= 4 is 23.2 Å². The van der Waals surface area contributed by atoms with Gasteiger partial charge < -0.3 is 19.1 Å². The van der Waals surface area contributed by atoms with Crippen LogP contribution in [0.3, 0.4) is 0 Å². The van der Waals surface area contributed by atoms with E-state index in [0.717, 1.165) is 16.2 Å². The van der Waals surface area contributed by atoms with Crippen molar-refractivity contribution in [2.45, 2.75) is 13.0 Å². The van der Waals surface area contributed by atoms with Crippen molar-refractivity contribution < 1.29 is 23.8 Å². The maximum absolute atomic E-state index is 12.2. The predicted molar refractivity (Wildman–Crippen MR) is 94.3 cm³/mol. The highest BCUT2D eigenvalue weighted by Gasteiger charge is 2.22. The van der Waals surface area contributed by atoms with Crippen LogP contribution in [0.5, 0.6) is 11.5 Å². The summed E-state index contributed by atoms with van der Waals surface area (Å²) in [6.07, 6.45) is -0.817. The summed E-state index contributed by atoms with van der Waals surface area (Å²) < 4.78 is 16.3. The third-order valence-electron chi connectivity index (χ3n) is 3.71. The Morgan fingerprint density at radius 2 is 1.84 bits per heavy atom. The van der Waals surface area contributed by atoms with Crippen LogP contribution in [0.25, 0.3) is 10.4 Å². The fourth-order valence-corrected chi connectivity index (χ4v) is 3.32. The van der Waals surface area contributed by atoms with Gasteiger partial charge in [-0.15, -0.1) is 11.3 Å². The van der Waals surface area contributed by atoms with E-state index in [-0.39, 0.29) is 5.91 Å². The minimum absolute atomic E-state index is 0.253. The molecule has 25 heavy (non-hydrogen) atoms. The summed E-state index contributed by atoms with van der Waals surface area (Å²) in [6, 6.07) is 9.23. The van der Waals surface area contributed by atoms with Gasteiger partial charge in [0.2, 0.25) is 0 Å². The molecule has 132 valence electrons. The fourth-order valence-electron chi connectivity index (χ4n) is 2.43. The number of likely N-dealkylation sites (N-methyl/N-ethyl adjacent to an activating group) is 1. The number of ether oxygens (including phenoxy) is 3. The molecule has 1 amide bonds. The zero-order valence-electron chi connectivity index (χ0n) is 14.3. The molecule has 6 nitrogen and oxygen atoms in total. The maximum Gasteiger partial charge on any atom is 0.349 e. The second kappa shape index (κ2) is 7.14. The van der Waals surface area contributed by atoms with Gasteiger partial charge >= 0.3 is 5.97 Å². The van der Waals surface area contributed by atoms with Crippen molar-refractivity contribution in [2.75, 3.05) is 27.3 Å². The van der Waals surface area contributed by atoms with Crippen molar-refractivity contribution in [3.63, 3.8) is 0 Å². The molecule has 1 aromatic heterocycles. The number of benzene rings is 1. The van der Waals surface area contributed by atoms with Crippen LogP contribution in [0.15, 0.2) is 30.3 Å². The zero-order chi connectivity index (χ0) is 18.0. The molecule has 0 N–H and O–H groups in total. The average molecular weight is 361 g/mol. The Morgan fingerprint density at radius 1 is 1.12 bits per heavy atom.